The fourth-order valence-corrected chi connectivity index (χ4v) is 6.80. The first kappa shape index (κ1) is 29.9. The Kier molecular flexibility index (Phi) is 9.56. The number of piperazine rings is 1. The molecule has 0 saturated carbocycles. The largest absolute Gasteiger partial charge is 0.351 e. The van der Waals surface area contributed by atoms with Gasteiger partial charge in [-0.2, -0.15) is 0 Å². The van der Waals surface area contributed by atoms with Crippen LogP contribution in [-0.2, 0) is 17.9 Å². The predicted octanol–water partition coefficient (Wildman–Crippen LogP) is 6.22. The van der Waals surface area contributed by atoms with E-state index < -0.39 is 0 Å². The number of carbonyl (C=O) groups excluding carboxylic acids is 2. The van der Waals surface area contributed by atoms with Crippen molar-refractivity contribution in [3.63, 3.8) is 0 Å². The summed E-state index contributed by atoms with van der Waals surface area (Å²) in [6.45, 7) is 9.12. The molecule has 0 atom stereocenters. The zero-order valence-corrected chi connectivity index (χ0v) is 25.9. The van der Waals surface area contributed by atoms with Crippen molar-refractivity contribution >= 4 is 35.3 Å². The zero-order valence-electron chi connectivity index (χ0n) is 25.1. The number of carbonyl (C=O) groups is 2. The van der Waals surface area contributed by atoms with E-state index in [9.17, 15) is 9.59 Å². The Morgan fingerprint density at radius 1 is 0.795 bits per heavy atom. The number of rotatable bonds is 9. The van der Waals surface area contributed by atoms with Crippen LogP contribution in [0.1, 0.15) is 32.6 Å². The fourth-order valence-electron chi connectivity index (χ4n) is 5.74. The summed E-state index contributed by atoms with van der Waals surface area (Å²) in [6, 6.07) is 34.4. The molecule has 0 unspecified atom stereocenters. The van der Waals surface area contributed by atoms with Crippen molar-refractivity contribution in [2.45, 2.75) is 24.9 Å². The first-order chi connectivity index (χ1) is 21.5. The number of nitrogens with one attached hydrogen (secondary N) is 1. The van der Waals surface area contributed by atoms with Crippen molar-refractivity contribution in [1.82, 2.24) is 15.1 Å². The Bertz CT molecular complexity index is 1630. The van der Waals surface area contributed by atoms with Crippen molar-refractivity contribution in [3.8, 4) is 0 Å². The van der Waals surface area contributed by atoms with Crippen LogP contribution in [0, 0.1) is 6.92 Å². The molecule has 6 nitrogen and oxygen atoms in total. The zero-order chi connectivity index (χ0) is 30.3. The van der Waals surface area contributed by atoms with E-state index in [1.165, 1.54) is 22.9 Å². The number of amides is 2. The second kappa shape index (κ2) is 14.1. The third-order valence-electron chi connectivity index (χ3n) is 8.15. The van der Waals surface area contributed by atoms with E-state index in [4.69, 9.17) is 0 Å². The van der Waals surface area contributed by atoms with Gasteiger partial charge in [0, 0.05) is 56.3 Å². The second-order valence-corrected chi connectivity index (χ2v) is 12.5. The monoisotopic (exact) mass is 602 g/mol. The first-order valence-corrected chi connectivity index (χ1v) is 16.1. The molecule has 1 N–H and O–H groups in total. The Hall–Kier alpha value is -4.17. The van der Waals surface area contributed by atoms with E-state index in [0.29, 0.717) is 23.6 Å². The maximum absolute atomic E-state index is 13.7. The molecule has 1 saturated heterocycles. The quantitative estimate of drug-likeness (QED) is 0.231. The molecule has 0 aliphatic carbocycles. The number of nitrogens with zero attached hydrogens (tertiary/aromatic N) is 3. The fraction of sp³-hybridized carbons (Fsp3) is 0.243. The maximum atomic E-state index is 13.7. The Labute approximate surface area is 264 Å². The number of para-hydroxylation sites is 1. The highest BCUT2D eigenvalue weighted by molar-refractivity contribution is 8.04. The minimum atomic E-state index is -0.0757. The number of fused-ring (bicyclic) bond motifs is 1. The predicted molar refractivity (Wildman–Crippen MR) is 180 cm³/mol. The van der Waals surface area contributed by atoms with Crippen LogP contribution in [0.3, 0.4) is 0 Å². The van der Waals surface area contributed by atoms with Crippen molar-refractivity contribution in [2.24, 2.45) is 0 Å². The molecule has 44 heavy (non-hydrogen) atoms. The molecule has 224 valence electrons. The smallest absolute Gasteiger partial charge is 0.265 e. The molecular formula is C37H38N4O2S. The second-order valence-electron chi connectivity index (χ2n) is 11.4. The summed E-state index contributed by atoms with van der Waals surface area (Å²) in [4.78, 5) is 35.0. The summed E-state index contributed by atoms with van der Waals surface area (Å²) in [7, 11) is 0. The molecule has 2 aliphatic heterocycles. The SMILES string of the molecule is Cc1cccc(CN2C(=O)C(=Cc3ccc(C(=O)NCCN4CCN(Cc5ccccc5)CC4)cc3)Sc3ccccc32)c1. The lowest BCUT2D eigenvalue weighted by molar-refractivity contribution is -0.114. The minimum Gasteiger partial charge on any atom is -0.351 e. The average Bonchev–Trinajstić information content (AvgIpc) is 3.05. The summed E-state index contributed by atoms with van der Waals surface area (Å²) in [5.74, 6) is -0.0915. The molecule has 2 heterocycles. The van der Waals surface area contributed by atoms with Gasteiger partial charge in [0.2, 0.25) is 0 Å². The molecule has 1 fully saturated rings. The van der Waals surface area contributed by atoms with Gasteiger partial charge in [0.05, 0.1) is 17.1 Å². The normalized spacial score (nSPS) is 16.6. The van der Waals surface area contributed by atoms with Crippen LogP contribution < -0.4 is 10.2 Å². The Balaban J connectivity index is 1.03. The summed E-state index contributed by atoms with van der Waals surface area (Å²) in [5, 5.41) is 3.07. The van der Waals surface area contributed by atoms with Crippen LogP contribution in [0.25, 0.3) is 6.08 Å². The van der Waals surface area contributed by atoms with Gasteiger partial charge in [-0.25, -0.2) is 0 Å². The van der Waals surface area contributed by atoms with Gasteiger partial charge in [-0.15, -0.1) is 0 Å². The lowest BCUT2D eigenvalue weighted by Crippen LogP contribution is -2.48. The van der Waals surface area contributed by atoms with Crippen LogP contribution in [0.5, 0.6) is 0 Å². The lowest BCUT2D eigenvalue weighted by atomic mass is 10.1. The number of aryl methyl sites for hydroxylation is 1. The third-order valence-corrected chi connectivity index (χ3v) is 9.23. The van der Waals surface area contributed by atoms with Crippen molar-refractivity contribution in [3.05, 3.63) is 136 Å². The molecule has 4 aromatic carbocycles. The van der Waals surface area contributed by atoms with E-state index in [-0.39, 0.29) is 11.8 Å². The number of thioether (sulfide) groups is 1. The number of benzene rings is 4. The molecule has 7 heteroatoms. The molecule has 4 aromatic rings. The number of hydrogen-bond acceptors (Lipinski definition) is 5. The van der Waals surface area contributed by atoms with Gasteiger partial charge in [-0.1, -0.05) is 96.2 Å². The topological polar surface area (TPSA) is 55.9 Å². The van der Waals surface area contributed by atoms with Gasteiger partial charge in [0.1, 0.15) is 0 Å². The van der Waals surface area contributed by atoms with Crippen molar-refractivity contribution < 1.29 is 9.59 Å². The van der Waals surface area contributed by atoms with Crippen LogP contribution in [0.4, 0.5) is 5.69 Å². The van der Waals surface area contributed by atoms with E-state index in [2.05, 4.69) is 76.6 Å². The average molecular weight is 603 g/mol. The summed E-state index contributed by atoms with van der Waals surface area (Å²) in [5.41, 5.74) is 6.06. The highest BCUT2D eigenvalue weighted by Crippen LogP contribution is 2.42. The Morgan fingerprint density at radius 3 is 2.27 bits per heavy atom. The number of anilines is 1. The van der Waals surface area contributed by atoms with Crippen LogP contribution >= 0.6 is 11.8 Å². The van der Waals surface area contributed by atoms with Gasteiger partial charge in [-0.05, 0) is 54.0 Å². The molecular weight excluding hydrogens is 565 g/mol. The highest BCUT2D eigenvalue weighted by atomic mass is 32.2. The minimum absolute atomic E-state index is 0.0158. The third kappa shape index (κ3) is 7.48. The van der Waals surface area contributed by atoms with Crippen LogP contribution in [-0.4, -0.2) is 60.9 Å². The molecule has 6 rings (SSSR count). The van der Waals surface area contributed by atoms with E-state index in [1.54, 1.807) is 0 Å². The summed E-state index contributed by atoms with van der Waals surface area (Å²) in [6.07, 6.45) is 1.92. The summed E-state index contributed by atoms with van der Waals surface area (Å²) >= 11 is 1.50. The van der Waals surface area contributed by atoms with Crippen LogP contribution in [0.2, 0.25) is 0 Å². The van der Waals surface area contributed by atoms with Crippen molar-refractivity contribution in [2.75, 3.05) is 44.2 Å². The lowest BCUT2D eigenvalue weighted by Gasteiger charge is -2.34. The molecule has 0 radical (unpaired) electrons. The highest BCUT2D eigenvalue weighted by Gasteiger charge is 2.29. The number of hydrogen-bond donors (Lipinski definition) is 1. The molecule has 0 bridgehead atoms. The molecule has 2 aliphatic rings. The van der Waals surface area contributed by atoms with Gasteiger partial charge >= 0.3 is 0 Å². The molecule has 2 amide bonds. The standard InChI is InChI=1S/C37H38N4O2S/c1-28-8-7-11-31(24-28)27-41-33-12-5-6-13-34(33)44-35(37(41)43)25-29-14-16-32(17-15-29)36(42)38-18-19-39-20-22-40(23-21-39)26-30-9-3-2-4-10-30/h2-17,24-25H,18-23,26-27H2,1H3,(H,38,42). The summed E-state index contributed by atoms with van der Waals surface area (Å²) < 4.78 is 0. The van der Waals surface area contributed by atoms with E-state index in [0.717, 1.165) is 61.0 Å². The first-order valence-electron chi connectivity index (χ1n) is 15.2. The van der Waals surface area contributed by atoms with Crippen molar-refractivity contribution in [1.29, 1.82) is 0 Å². The van der Waals surface area contributed by atoms with Gasteiger partial charge in [0.25, 0.3) is 11.8 Å². The van der Waals surface area contributed by atoms with Gasteiger partial charge in [0.15, 0.2) is 0 Å². The van der Waals surface area contributed by atoms with Crippen LogP contribution in [0.15, 0.2) is 113 Å². The molecule has 0 aromatic heterocycles. The van der Waals surface area contributed by atoms with Gasteiger partial charge in [-0.3, -0.25) is 19.4 Å². The van der Waals surface area contributed by atoms with E-state index in [1.807, 2.05) is 59.5 Å². The Morgan fingerprint density at radius 2 is 1.50 bits per heavy atom. The maximum Gasteiger partial charge on any atom is 0.265 e. The van der Waals surface area contributed by atoms with E-state index >= 15 is 0 Å². The molecule has 0 spiro atoms. The van der Waals surface area contributed by atoms with Gasteiger partial charge < -0.3 is 10.2 Å².